The van der Waals surface area contributed by atoms with Gasteiger partial charge in [0.25, 0.3) is 0 Å². The number of esters is 2. The van der Waals surface area contributed by atoms with E-state index in [2.05, 4.69) is 38.2 Å². The molecule has 0 fully saturated rings. The molecule has 0 amide bonds. The van der Waals surface area contributed by atoms with Gasteiger partial charge in [-0.2, -0.15) is 0 Å². The summed E-state index contributed by atoms with van der Waals surface area (Å²) < 4.78 is 11.5. The number of nitrogens with zero attached hydrogens (tertiary/aromatic N) is 1. The van der Waals surface area contributed by atoms with Crippen LogP contribution in [-0.2, 0) is 19.1 Å². The van der Waals surface area contributed by atoms with Crippen molar-refractivity contribution in [2.75, 3.05) is 33.7 Å². The minimum atomic E-state index is -1.47. The molecule has 0 saturated carbocycles. The normalized spacial score (nSPS) is 12.6. The van der Waals surface area contributed by atoms with Gasteiger partial charge in [-0.05, 0) is 64.2 Å². The third-order valence-corrected chi connectivity index (χ3v) is 9.37. The Morgan fingerprint density at radius 3 is 1.32 bits per heavy atom. The van der Waals surface area contributed by atoms with Crippen molar-refractivity contribution in [2.45, 2.75) is 200 Å². The molecular formula is C42H81BNO6+. The van der Waals surface area contributed by atoms with Gasteiger partial charge in [0.2, 0.25) is 0 Å². The molecule has 2 N–H and O–H groups in total. The van der Waals surface area contributed by atoms with Gasteiger partial charge in [-0.1, -0.05) is 141 Å². The molecule has 0 spiro atoms. The predicted octanol–water partition coefficient (Wildman–Crippen LogP) is 10.6. The lowest BCUT2D eigenvalue weighted by Crippen LogP contribution is -2.52. The Bertz CT molecular complexity index is 831. The molecule has 0 aromatic heterocycles. The highest BCUT2D eigenvalue weighted by Gasteiger charge is 2.30. The van der Waals surface area contributed by atoms with E-state index < -0.39 is 13.2 Å². The smallest absolute Gasteiger partial charge is 0.461 e. The first kappa shape index (κ1) is 48.4. The average Bonchev–Trinajstić information content (AvgIpc) is 3.06. The van der Waals surface area contributed by atoms with E-state index in [1.54, 1.807) is 0 Å². The van der Waals surface area contributed by atoms with Gasteiger partial charge in [0.05, 0.1) is 14.1 Å². The van der Waals surface area contributed by atoms with Crippen LogP contribution in [0, 0.1) is 0 Å². The number of unbranched alkanes of at least 4 members (excludes halogenated alkanes) is 22. The Morgan fingerprint density at radius 1 is 0.560 bits per heavy atom. The Balaban J connectivity index is 4.16. The molecule has 0 heterocycles. The zero-order valence-corrected chi connectivity index (χ0v) is 33.4. The predicted molar refractivity (Wildman–Crippen MR) is 212 cm³/mol. The quantitative estimate of drug-likeness (QED) is 0.0220. The van der Waals surface area contributed by atoms with Crippen molar-refractivity contribution < 1.29 is 33.6 Å². The number of allylic oxidation sites excluding steroid dienone is 4. The lowest BCUT2D eigenvalue weighted by Gasteiger charge is -2.32. The molecule has 292 valence electrons. The minimum Gasteiger partial charge on any atom is -0.461 e. The lowest BCUT2D eigenvalue weighted by molar-refractivity contribution is -0.884. The Kier molecular flexibility index (Phi) is 34.6. The van der Waals surface area contributed by atoms with Crippen molar-refractivity contribution in [3.05, 3.63) is 24.3 Å². The fraction of sp³-hybridized carbons (Fsp3) is 0.857. The maximum Gasteiger partial charge on any atom is 0.511 e. The fourth-order valence-corrected chi connectivity index (χ4v) is 6.37. The second-order valence-corrected chi connectivity index (χ2v) is 15.2. The monoisotopic (exact) mass is 707 g/mol. The molecule has 0 bridgehead atoms. The van der Waals surface area contributed by atoms with Crippen LogP contribution in [0.15, 0.2) is 24.3 Å². The van der Waals surface area contributed by atoms with Gasteiger partial charge >= 0.3 is 19.1 Å². The molecule has 0 aromatic carbocycles. The van der Waals surface area contributed by atoms with Crippen LogP contribution < -0.4 is 0 Å². The average molecular weight is 707 g/mol. The van der Waals surface area contributed by atoms with Crippen LogP contribution in [0.2, 0.25) is 0 Å². The molecule has 0 aliphatic carbocycles. The molecule has 1 atom stereocenters. The Morgan fingerprint density at radius 2 is 0.920 bits per heavy atom. The van der Waals surface area contributed by atoms with E-state index in [4.69, 9.17) is 9.47 Å². The molecule has 0 aromatic rings. The van der Waals surface area contributed by atoms with Crippen molar-refractivity contribution in [2.24, 2.45) is 0 Å². The molecule has 0 radical (unpaired) electrons. The molecule has 1 unspecified atom stereocenters. The molecule has 0 saturated heterocycles. The standard InChI is InChI=1S/C42H81BNO6/c1-5-7-9-11-13-15-17-19-21-23-25-27-29-31-33-35-41(45)49-38-40(37-44(3,4)39-43(47)48)50-42(46)36-34-32-30-28-26-24-22-20-18-16-14-12-10-8-6-2/h19-22,40,47-48H,5-18,23-39H2,1-4H3/q+1/b21-19?,22-20-. The SMILES string of the molecule is CCCCCCCCC=CCCCCCCCC(=O)OCC(C[N+](C)(C)CB(O)O)OC(=O)CCCCCCC/C=C\CCCCCCCC. The van der Waals surface area contributed by atoms with Crippen LogP contribution in [0.25, 0.3) is 0 Å². The summed E-state index contributed by atoms with van der Waals surface area (Å²) in [5, 5.41) is 19.0. The maximum absolute atomic E-state index is 12.7. The van der Waals surface area contributed by atoms with E-state index in [9.17, 15) is 19.6 Å². The molecule has 0 rings (SSSR count). The van der Waals surface area contributed by atoms with Gasteiger partial charge in [-0.15, -0.1) is 0 Å². The summed E-state index contributed by atoms with van der Waals surface area (Å²) in [6.45, 7) is 4.83. The highest BCUT2D eigenvalue weighted by Crippen LogP contribution is 2.14. The van der Waals surface area contributed by atoms with Gasteiger partial charge in [-0.25, -0.2) is 0 Å². The van der Waals surface area contributed by atoms with Crippen molar-refractivity contribution in [3.63, 3.8) is 0 Å². The lowest BCUT2D eigenvalue weighted by atomic mass is 9.90. The van der Waals surface area contributed by atoms with Crippen molar-refractivity contribution in [3.8, 4) is 0 Å². The fourth-order valence-electron chi connectivity index (χ4n) is 6.37. The van der Waals surface area contributed by atoms with Crippen LogP contribution in [0.4, 0.5) is 0 Å². The molecule has 0 aliphatic heterocycles. The number of rotatable bonds is 37. The molecule has 7 nitrogen and oxygen atoms in total. The zero-order chi connectivity index (χ0) is 37.0. The van der Waals surface area contributed by atoms with Crippen LogP contribution in [0.5, 0.6) is 0 Å². The maximum atomic E-state index is 12.7. The zero-order valence-electron chi connectivity index (χ0n) is 33.4. The van der Waals surface area contributed by atoms with Gasteiger partial charge in [-0.3, -0.25) is 9.59 Å². The van der Waals surface area contributed by atoms with Crippen molar-refractivity contribution in [1.29, 1.82) is 0 Å². The highest BCUT2D eigenvalue weighted by atomic mass is 16.6. The highest BCUT2D eigenvalue weighted by molar-refractivity contribution is 6.40. The minimum absolute atomic E-state index is 0.00870. The van der Waals surface area contributed by atoms with E-state index >= 15 is 0 Å². The topological polar surface area (TPSA) is 93.1 Å². The molecule has 8 heteroatoms. The number of quaternary nitrogens is 1. The van der Waals surface area contributed by atoms with Gasteiger partial charge < -0.3 is 24.0 Å². The number of hydrogen-bond acceptors (Lipinski definition) is 6. The van der Waals surface area contributed by atoms with Crippen LogP contribution in [-0.4, -0.2) is 73.4 Å². The van der Waals surface area contributed by atoms with Crippen LogP contribution in [0.3, 0.4) is 0 Å². The summed E-state index contributed by atoms with van der Waals surface area (Å²) in [5.41, 5.74) is 0. The largest absolute Gasteiger partial charge is 0.511 e. The summed E-state index contributed by atoms with van der Waals surface area (Å²) in [4.78, 5) is 25.2. The van der Waals surface area contributed by atoms with Crippen molar-refractivity contribution >= 4 is 19.1 Å². The van der Waals surface area contributed by atoms with E-state index in [1.807, 2.05) is 14.1 Å². The summed E-state index contributed by atoms with van der Waals surface area (Å²) in [5.74, 6) is -0.557. The second-order valence-electron chi connectivity index (χ2n) is 15.2. The third-order valence-electron chi connectivity index (χ3n) is 9.37. The summed E-state index contributed by atoms with van der Waals surface area (Å²) in [6, 6.07) is 0. The van der Waals surface area contributed by atoms with Gasteiger partial charge in [0, 0.05) is 12.8 Å². The number of likely N-dealkylation sites (N-methyl/N-ethyl adjacent to an activating group) is 1. The second kappa shape index (κ2) is 35.8. The van der Waals surface area contributed by atoms with Crippen LogP contribution >= 0.6 is 0 Å². The Labute approximate surface area is 309 Å². The number of ether oxygens (including phenoxy) is 2. The number of carbonyl (C=O) groups excluding carboxylic acids is 2. The first-order valence-electron chi connectivity index (χ1n) is 21.0. The first-order chi connectivity index (χ1) is 24.2. The van der Waals surface area contributed by atoms with E-state index in [1.165, 1.54) is 116 Å². The van der Waals surface area contributed by atoms with Gasteiger partial charge in [0.15, 0.2) is 6.10 Å². The van der Waals surface area contributed by atoms with Crippen LogP contribution in [0.1, 0.15) is 194 Å². The molecular weight excluding hydrogens is 625 g/mol. The van der Waals surface area contributed by atoms with Gasteiger partial charge in [0.1, 0.15) is 19.6 Å². The van der Waals surface area contributed by atoms with Crippen molar-refractivity contribution in [1.82, 2.24) is 0 Å². The number of carbonyl (C=O) groups is 2. The summed E-state index contributed by atoms with van der Waals surface area (Å²) in [7, 11) is 2.22. The van der Waals surface area contributed by atoms with E-state index in [-0.39, 0.29) is 29.5 Å². The first-order valence-corrected chi connectivity index (χ1v) is 21.0. The molecule has 50 heavy (non-hydrogen) atoms. The summed E-state index contributed by atoms with van der Waals surface area (Å²) in [6.07, 6.45) is 40.8. The third kappa shape index (κ3) is 36.2. The van der Waals surface area contributed by atoms with E-state index in [0.29, 0.717) is 19.4 Å². The summed E-state index contributed by atoms with van der Waals surface area (Å²) >= 11 is 0. The molecule has 0 aliphatic rings. The van der Waals surface area contributed by atoms with E-state index in [0.717, 1.165) is 51.4 Å². The Hall–Kier alpha value is -1.64. The number of hydrogen-bond donors (Lipinski definition) is 2.